The van der Waals surface area contributed by atoms with Gasteiger partial charge in [0.15, 0.2) is 0 Å². The van der Waals surface area contributed by atoms with Crippen molar-refractivity contribution in [2.24, 2.45) is 5.41 Å². The third-order valence-electron chi connectivity index (χ3n) is 3.36. The van der Waals surface area contributed by atoms with Gasteiger partial charge in [-0.05, 0) is 39.5 Å². The molecule has 0 radical (unpaired) electrons. The van der Waals surface area contributed by atoms with Crippen molar-refractivity contribution in [2.75, 3.05) is 18.1 Å². The molecule has 1 aliphatic rings. The normalized spacial score (nSPS) is 19.2. The summed E-state index contributed by atoms with van der Waals surface area (Å²) in [6, 6.07) is 0. The van der Waals surface area contributed by atoms with Gasteiger partial charge >= 0.3 is 5.97 Å². The van der Waals surface area contributed by atoms with Gasteiger partial charge in [-0.1, -0.05) is 6.42 Å². The monoisotopic (exact) mass is 290 g/mol. The summed E-state index contributed by atoms with van der Waals surface area (Å²) >= 11 is 1.47. The summed E-state index contributed by atoms with van der Waals surface area (Å²) in [6.45, 7) is 3.51. The van der Waals surface area contributed by atoms with Crippen LogP contribution < -0.4 is 0 Å². The molecule has 0 spiro atoms. The summed E-state index contributed by atoms with van der Waals surface area (Å²) in [4.78, 5) is 12.1. The van der Waals surface area contributed by atoms with Crippen LogP contribution in [0.4, 0.5) is 0 Å². The van der Waals surface area contributed by atoms with Crippen molar-refractivity contribution in [3.05, 3.63) is 0 Å². The fraction of sp³-hybridized carbons (Fsp3) is 0.929. The Balaban J connectivity index is 2.31. The van der Waals surface area contributed by atoms with Gasteiger partial charge < -0.3 is 14.9 Å². The topological polar surface area (TPSA) is 66.8 Å². The first-order chi connectivity index (χ1) is 8.95. The Morgan fingerprint density at radius 1 is 1.37 bits per heavy atom. The minimum atomic E-state index is -0.713. The molecule has 19 heavy (non-hydrogen) atoms. The van der Waals surface area contributed by atoms with Gasteiger partial charge in [0.25, 0.3) is 0 Å². The summed E-state index contributed by atoms with van der Waals surface area (Å²) in [7, 11) is 0. The number of carbonyl (C=O) groups excluding carboxylic acids is 1. The lowest BCUT2D eigenvalue weighted by molar-refractivity contribution is -0.159. The zero-order valence-electron chi connectivity index (χ0n) is 11.9. The molecule has 0 aromatic rings. The average Bonchev–Trinajstić information content (AvgIpc) is 2.39. The average molecular weight is 290 g/mol. The maximum Gasteiger partial charge on any atom is 0.312 e. The van der Waals surface area contributed by atoms with E-state index in [-0.39, 0.29) is 18.7 Å². The van der Waals surface area contributed by atoms with Gasteiger partial charge in [-0.25, -0.2) is 0 Å². The second-order valence-electron chi connectivity index (χ2n) is 5.90. The highest BCUT2D eigenvalue weighted by Gasteiger charge is 2.32. The van der Waals surface area contributed by atoms with Gasteiger partial charge in [-0.15, -0.1) is 0 Å². The second kappa shape index (κ2) is 8.12. The van der Waals surface area contributed by atoms with E-state index < -0.39 is 11.5 Å². The smallest absolute Gasteiger partial charge is 0.312 e. The summed E-state index contributed by atoms with van der Waals surface area (Å²) in [5.74, 6) is 0.886. The fourth-order valence-corrected chi connectivity index (χ4v) is 3.18. The Morgan fingerprint density at radius 3 is 2.58 bits per heavy atom. The van der Waals surface area contributed by atoms with Crippen molar-refractivity contribution in [3.8, 4) is 0 Å². The molecule has 112 valence electrons. The summed E-state index contributed by atoms with van der Waals surface area (Å²) < 4.78 is 5.58. The predicted molar refractivity (Wildman–Crippen MR) is 77.2 cm³/mol. The minimum Gasteiger partial charge on any atom is -0.462 e. The SMILES string of the molecule is CC(C)(CSCC(O)CO)C(=O)OC1CCCCC1. The molecule has 0 aliphatic heterocycles. The van der Waals surface area contributed by atoms with Gasteiger partial charge in [0, 0.05) is 11.5 Å². The molecule has 1 unspecified atom stereocenters. The lowest BCUT2D eigenvalue weighted by Crippen LogP contribution is -2.33. The van der Waals surface area contributed by atoms with Crippen molar-refractivity contribution in [1.29, 1.82) is 0 Å². The van der Waals surface area contributed by atoms with Gasteiger partial charge in [-0.2, -0.15) is 11.8 Å². The van der Waals surface area contributed by atoms with Crippen LogP contribution >= 0.6 is 11.8 Å². The number of carbonyl (C=O) groups is 1. The van der Waals surface area contributed by atoms with Crippen molar-refractivity contribution >= 4 is 17.7 Å². The van der Waals surface area contributed by atoms with Gasteiger partial charge in [-0.3, -0.25) is 4.79 Å². The summed E-state index contributed by atoms with van der Waals surface area (Å²) in [5.41, 5.74) is -0.544. The Bertz CT molecular complexity index is 275. The van der Waals surface area contributed by atoms with Crippen molar-refractivity contribution in [2.45, 2.75) is 58.2 Å². The number of esters is 1. The maximum absolute atomic E-state index is 12.1. The van der Waals surface area contributed by atoms with E-state index in [1.165, 1.54) is 18.2 Å². The van der Waals surface area contributed by atoms with E-state index in [0.717, 1.165) is 25.7 Å². The molecular formula is C14H26O4S. The van der Waals surface area contributed by atoms with Crippen molar-refractivity contribution in [1.82, 2.24) is 0 Å². The molecular weight excluding hydrogens is 264 g/mol. The third-order valence-corrected chi connectivity index (χ3v) is 4.91. The van der Waals surface area contributed by atoms with Crippen LogP contribution in [0.3, 0.4) is 0 Å². The lowest BCUT2D eigenvalue weighted by atomic mass is 9.95. The number of rotatable bonds is 7. The van der Waals surface area contributed by atoms with Crippen LogP contribution in [0.15, 0.2) is 0 Å². The van der Waals surface area contributed by atoms with Crippen molar-refractivity contribution < 1.29 is 19.7 Å². The molecule has 0 aromatic heterocycles. The highest BCUT2D eigenvalue weighted by Crippen LogP contribution is 2.27. The van der Waals surface area contributed by atoms with Crippen LogP contribution in [0, 0.1) is 5.41 Å². The van der Waals surface area contributed by atoms with E-state index in [1.54, 1.807) is 0 Å². The molecule has 1 atom stereocenters. The molecule has 0 saturated heterocycles. The fourth-order valence-electron chi connectivity index (χ4n) is 2.06. The minimum absolute atomic E-state index is 0.0913. The zero-order chi connectivity index (χ0) is 14.3. The van der Waals surface area contributed by atoms with E-state index in [9.17, 15) is 9.90 Å². The van der Waals surface area contributed by atoms with E-state index in [4.69, 9.17) is 9.84 Å². The van der Waals surface area contributed by atoms with Crippen LogP contribution in [-0.2, 0) is 9.53 Å². The number of aliphatic hydroxyl groups is 2. The highest BCUT2D eigenvalue weighted by atomic mass is 32.2. The largest absolute Gasteiger partial charge is 0.462 e. The van der Waals surface area contributed by atoms with Crippen molar-refractivity contribution in [3.63, 3.8) is 0 Å². The Hall–Kier alpha value is -0.260. The van der Waals surface area contributed by atoms with E-state index >= 15 is 0 Å². The molecule has 0 bridgehead atoms. The summed E-state index contributed by atoms with van der Waals surface area (Å²) in [5, 5.41) is 18.0. The molecule has 5 heteroatoms. The predicted octanol–water partition coefficient (Wildman–Crippen LogP) is 1.97. The first-order valence-corrected chi connectivity index (χ1v) is 8.19. The second-order valence-corrected chi connectivity index (χ2v) is 6.93. The number of hydrogen-bond acceptors (Lipinski definition) is 5. The lowest BCUT2D eigenvalue weighted by Gasteiger charge is -2.28. The van der Waals surface area contributed by atoms with Crippen LogP contribution in [0.2, 0.25) is 0 Å². The maximum atomic E-state index is 12.1. The molecule has 1 rings (SSSR count). The Labute approximate surface area is 119 Å². The first kappa shape index (κ1) is 16.8. The quantitative estimate of drug-likeness (QED) is 0.702. The highest BCUT2D eigenvalue weighted by molar-refractivity contribution is 7.99. The molecule has 1 fully saturated rings. The number of thioether (sulfide) groups is 1. The summed E-state index contributed by atoms with van der Waals surface area (Å²) in [6.07, 6.45) is 4.89. The molecule has 1 saturated carbocycles. The van der Waals surface area contributed by atoms with Crippen LogP contribution in [0.1, 0.15) is 46.0 Å². The Morgan fingerprint density at radius 2 is 2.00 bits per heavy atom. The van der Waals surface area contributed by atoms with E-state index in [0.29, 0.717) is 11.5 Å². The van der Waals surface area contributed by atoms with Gasteiger partial charge in [0.2, 0.25) is 0 Å². The molecule has 0 aromatic carbocycles. The molecule has 4 nitrogen and oxygen atoms in total. The molecule has 0 amide bonds. The van der Waals surface area contributed by atoms with E-state index in [1.807, 2.05) is 13.8 Å². The van der Waals surface area contributed by atoms with Gasteiger partial charge in [0.1, 0.15) is 6.10 Å². The third kappa shape index (κ3) is 6.15. The number of hydrogen-bond donors (Lipinski definition) is 2. The van der Waals surface area contributed by atoms with Gasteiger partial charge in [0.05, 0.1) is 18.1 Å². The van der Waals surface area contributed by atoms with Crippen LogP contribution in [0.25, 0.3) is 0 Å². The van der Waals surface area contributed by atoms with Crippen LogP contribution in [-0.4, -0.2) is 46.5 Å². The van der Waals surface area contributed by atoms with Crippen LogP contribution in [0.5, 0.6) is 0 Å². The Kier molecular flexibility index (Phi) is 7.18. The molecule has 1 aliphatic carbocycles. The zero-order valence-corrected chi connectivity index (χ0v) is 12.7. The first-order valence-electron chi connectivity index (χ1n) is 7.03. The van der Waals surface area contributed by atoms with E-state index in [2.05, 4.69) is 0 Å². The number of ether oxygens (including phenoxy) is 1. The molecule has 2 N–H and O–H groups in total. The standard InChI is InChI=1S/C14H26O4S/c1-14(2,10-19-9-11(16)8-15)13(17)18-12-6-4-3-5-7-12/h11-12,15-16H,3-10H2,1-2H3. The number of aliphatic hydroxyl groups excluding tert-OH is 2. The molecule has 0 heterocycles.